The van der Waals surface area contributed by atoms with Crippen LogP contribution in [0.3, 0.4) is 0 Å². The molecule has 0 fully saturated rings. The van der Waals surface area contributed by atoms with Crippen LogP contribution in [0.15, 0.2) is 54.6 Å². The largest absolute Gasteiger partial charge is 0.368 e. The number of primary amides is 1. The van der Waals surface area contributed by atoms with Crippen LogP contribution >= 0.6 is 0 Å². The molecule has 0 saturated carbocycles. The van der Waals surface area contributed by atoms with Crippen molar-refractivity contribution in [1.82, 2.24) is 20.4 Å². The molecule has 7 nitrogen and oxygen atoms in total. The Bertz CT molecular complexity index is 1200. The molecule has 0 unspecified atom stereocenters. The second-order valence-electron chi connectivity index (χ2n) is 7.74. The van der Waals surface area contributed by atoms with E-state index in [-0.39, 0.29) is 16.9 Å². The fourth-order valence-corrected chi connectivity index (χ4v) is 3.26. The third kappa shape index (κ3) is 3.84. The van der Waals surface area contributed by atoms with Crippen molar-refractivity contribution in [3.63, 3.8) is 0 Å². The highest BCUT2D eigenvalue weighted by Crippen LogP contribution is 2.26. The lowest BCUT2D eigenvalue weighted by Gasteiger charge is -2.25. The molecule has 0 aliphatic heterocycles. The van der Waals surface area contributed by atoms with E-state index in [1.54, 1.807) is 12.1 Å². The maximum Gasteiger partial charge on any atom is 0.269 e. The Kier molecular flexibility index (Phi) is 4.91. The number of benzene rings is 2. The quantitative estimate of drug-likeness (QED) is 0.454. The van der Waals surface area contributed by atoms with E-state index in [2.05, 4.69) is 39.6 Å². The van der Waals surface area contributed by atoms with Crippen LogP contribution in [0.4, 0.5) is 10.2 Å². The maximum atomic E-state index is 13.2. The summed E-state index contributed by atoms with van der Waals surface area (Å²) in [5.41, 5.74) is 8.57. The number of carbonyl (C=O) groups is 1. The smallest absolute Gasteiger partial charge is 0.269 e. The number of hydrogen-bond acceptors (Lipinski definition) is 5. The van der Waals surface area contributed by atoms with Crippen molar-refractivity contribution in [2.24, 2.45) is 5.73 Å². The zero-order valence-electron chi connectivity index (χ0n) is 16.6. The first-order valence-electron chi connectivity index (χ1n) is 9.45. The molecular weight excluding hydrogens is 383 g/mol. The van der Waals surface area contributed by atoms with E-state index in [9.17, 15) is 9.18 Å². The molecule has 1 amide bonds. The number of hydrogen-bond donors (Lipinski definition) is 3. The van der Waals surface area contributed by atoms with Crippen LogP contribution in [-0.4, -0.2) is 32.8 Å². The fourth-order valence-electron chi connectivity index (χ4n) is 3.26. The van der Waals surface area contributed by atoms with Crippen LogP contribution in [0.5, 0.6) is 0 Å². The highest BCUT2D eigenvalue weighted by atomic mass is 19.1. The molecule has 0 atom stereocenters. The Labute approximate surface area is 172 Å². The van der Waals surface area contributed by atoms with E-state index >= 15 is 0 Å². The molecule has 2 heterocycles. The monoisotopic (exact) mass is 404 g/mol. The van der Waals surface area contributed by atoms with Crippen LogP contribution in [0.1, 0.15) is 29.9 Å². The number of fused-ring (bicyclic) bond motifs is 1. The molecule has 0 aliphatic rings. The second-order valence-corrected chi connectivity index (χ2v) is 7.74. The van der Waals surface area contributed by atoms with E-state index in [1.165, 1.54) is 12.1 Å². The highest BCUT2D eigenvalue weighted by molar-refractivity contribution is 6.04. The zero-order chi connectivity index (χ0) is 21.3. The van der Waals surface area contributed by atoms with Crippen molar-refractivity contribution in [2.75, 3.05) is 11.9 Å². The predicted molar refractivity (Wildman–Crippen MR) is 114 cm³/mol. The summed E-state index contributed by atoms with van der Waals surface area (Å²) in [6, 6.07) is 15.7. The minimum atomic E-state index is -0.590. The van der Waals surface area contributed by atoms with Crippen molar-refractivity contribution < 1.29 is 9.18 Å². The van der Waals surface area contributed by atoms with Gasteiger partial charge in [0.15, 0.2) is 5.69 Å². The number of anilines is 1. The number of nitrogens with zero attached hydrogens (tertiary/aromatic N) is 3. The molecule has 4 aromatic rings. The number of amides is 1. The molecule has 152 valence electrons. The molecule has 0 aliphatic carbocycles. The van der Waals surface area contributed by atoms with Gasteiger partial charge in [-0.15, -0.1) is 10.2 Å². The lowest BCUT2D eigenvalue weighted by Crippen LogP contribution is -2.28. The molecule has 4 rings (SSSR count). The number of H-pyrrole nitrogens is 1. The molecule has 8 heteroatoms. The topological polar surface area (TPSA) is 110 Å². The Morgan fingerprint density at radius 1 is 1.10 bits per heavy atom. The maximum absolute atomic E-state index is 13.2. The summed E-state index contributed by atoms with van der Waals surface area (Å²) in [5, 5.41) is 19.2. The molecule has 0 spiro atoms. The number of rotatable bonds is 6. The van der Waals surface area contributed by atoms with E-state index < -0.39 is 5.91 Å². The lowest BCUT2D eigenvalue weighted by atomic mass is 9.84. The Morgan fingerprint density at radius 2 is 1.87 bits per heavy atom. The number of aromatic nitrogens is 4. The predicted octanol–water partition coefficient (Wildman–Crippen LogP) is 3.65. The zero-order valence-corrected chi connectivity index (χ0v) is 16.6. The summed E-state index contributed by atoms with van der Waals surface area (Å²) in [6.07, 6.45) is 0. The van der Waals surface area contributed by atoms with Gasteiger partial charge >= 0.3 is 0 Å². The Morgan fingerprint density at radius 3 is 2.53 bits per heavy atom. The summed E-state index contributed by atoms with van der Waals surface area (Å²) in [7, 11) is 0. The van der Waals surface area contributed by atoms with Crippen LogP contribution in [0, 0.1) is 5.82 Å². The van der Waals surface area contributed by atoms with Crippen molar-refractivity contribution in [2.45, 2.75) is 19.3 Å². The van der Waals surface area contributed by atoms with Gasteiger partial charge in [0.05, 0.1) is 11.2 Å². The van der Waals surface area contributed by atoms with Gasteiger partial charge in [-0.3, -0.25) is 9.89 Å². The first-order valence-corrected chi connectivity index (χ1v) is 9.45. The summed E-state index contributed by atoms with van der Waals surface area (Å²) in [5.74, 6) is -0.204. The first-order chi connectivity index (χ1) is 14.3. The van der Waals surface area contributed by atoms with Crippen LogP contribution in [-0.2, 0) is 5.41 Å². The third-order valence-corrected chi connectivity index (χ3v) is 5.09. The van der Waals surface area contributed by atoms with Gasteiger partial charge in [-0.25, -0.2) is 4.39 Å². The van der Waals surface area contributed by atoms with Crippen molar-refractivity contribution >= 4 is 22.6 Å². The number of aromatic amines is 1. The summed E-state index contributed by atoms with van der Waals surface area (Å²) >= 11 is 0. The van der Waals surface area contributed by atoms with Gasteiger partial charge in [-0.1, -0.05) is 32.0 Å². The van der Waals surface area contributed by atoms with Gasteiger partial charge in [0.1, 0.15) is 11.6 Å². The number of halogens is 1. The van der Waals surface area contributed by atoms with Crippen LogP contribution in [0.2, 0.25) is 0 Å². The number of nitrogens with one attached hydrogen (secondary N) is 2. The summed E-state index contributed by atoms with van der Waals surface area (Å²) < 4.78 is 13.2. The molecular formula is C22H21FN6O. The number of nitrogens with two attached hydrogens (primary N) is 1. The van der Waals surface area contributed by atoms with Crippen molar-refractivity contribution in [1.29, 1.82) is 0 Å². The van der Waals surface area contributed by atoms with E-state index in [0.29, 0.717) is 23.4 Å². The second kappa shape index (κ2) is 7.55. The molecule has 0 bridgehead atoms. The average Bonchev–Trinajstić information content (AvgIpc) is 3.17. The van der Waals surface area contributed by atoms with Crippen LogP contribution < -0.4 is 11.1 Å². The molecule has 4 N–H and O–H groups in total. The van der Waals surface area contributed by atoms with Crippen LogP contribution in [0.25, 0.3) is 22.2 Å². The first kappa shape index (κ1) is 19.5. The number of carbonyl (C=O) groups excluding carboxylic acids is 1. The third-order valence-electron chi connectivity index (χ3n) is 5.09. The van der Waals surface area contributed by atoms with E-state index in [0.717, 1.165) is 16.6 Å². The minimum Gasteiger partial charge on any atom is -0.368 e. The lowest BCUT2D eigenvalue weighted by molar-refractivity contribution is 0.0997. The van der Waals surface area contributed by atoms with Gasteiger partial charge in [-0.05, 0) is 42.0 Å². The fraction of sp³-hybridized carbons (Fsp3) is 0.182. The van der Waals surface area contributed by atoms with Crippen molar-refractivity contribution in [3.05, 3.63) is 71.7 Å². The van der Waals surface area contributed by atoms with E-state index in [1.807, 2.05) is 30.3 Å². The average molecular weight is 404 g/mol. The van der Waals surface area contributed by atoms with Gasteiger partial charge in [-0.2, -0.15) is 5.10 Å². The Balaban J connectivity index is 1.50. The SMILES string of the molecule is CC(C)(CNc1ccc(-c2ccc3[nH]nc(C(N)=O)c3c2)nn1)c1ccc(F)cc1. The minimum absolute atomic E-state index is 0.195. The highest BCUT2D eigenvalue weighted by Gasteiger charge is 2.20. The standard InChI is InChI=1S/C22H21FN6O/c1-22(2,14-4-6-15(23)7-5-14)12-25-19-10-9-17(26-28-19)13-3-8-18-16(11-13)20(21(24)30)29-27-18/h3-11H,12H2,1-2H3,(H2,24,30)(H,25,28)(H,27,29). The van der Waals surface area contributed by atoms with E-state index in [4.69, 9.17) is 5.73 Å². The summed E-state index contributed by atoms with van der Waals surface area (Å²) in [4.78, 5) is 11.5. The van der Waals surface area contributed by atoms with Gasteiger partial charge < -0.3 is 11.1 Å². The molecule has 0 radical (unpaired) electrons. The van der Waals surface area contributed by atoms with Gasteiger partial charge in [0.2, 0.25) is 0 Å². The molecule has 0 saturated heterocycles. The van der Waals surface area contributed by atoms with Gasteiger partial charge in [0, 0.05) is 22.9 Å². The molecule has 2 aromatic heterocycles. The molecule has 30 heavy (non-hydrogen) atoms. The van der Waals surface area contributed by atoms with Gasteiger partial charge in [0.25, 0.3) is 5.91 Å². The summed E-state index contributed by atoms with van der Waals surface area (Å²) in [6.45, 7) is 4.76. The molecule has 2 aromatic carbocycles. The van der Waals surface area contributed by atoms with Crippen molar-refractivity contribution in [3.8, 4) is 11.3 Å². The Hall–Kier alpha value is -3.81. The normalized spacial score (nSPS) is 11.6.